The zero-order valence-electron chi connectivity index (χ0n) is 15.4. The summed E-state index contributed by atoms with van der Waals surface area (Å²) in [6.07, 6.45) is 2.48. The molecule has 0 aliphatic rings. The number of nitrogens with zero attached hydrogens (tertiary/aromatic N) is 3. The van der Waals surface area contributed by atoms with Crippen LogP contribution in [-0.4, -0.2) is 26.7 Å². The van der Waals surface area contributed by atoms with Crippen LogP contribution in [0.25, 0.3) is 0 Å². The summed E-state index contributed by atoms with van der Waals surface area (Å²) >= 11 is 0. The van der Waals surface area contributed by atoms with E-state index < -0.39 is 0 Å². The van der Waals surface area contributed by atoms with Crippen molar-refractivity contribution in [2.24, 2.45) is 0 Å². The third-order valence-electron chi connectivity index (χ3n) is 4.24. The van der Waals surface area contributed by atoms with E-state index in [1.54, 1.807) is 6.20 Å². The van der Waals surface area contributed by atoms with Gasteiger partial charge in [-0.15, -0.1) is 0 Å². The van der Waals surface area contributed by atoms with Crippen LogP contribution in [0.4, 0.5) is 0 Å². The second-order valence-corrected chi connectivity index (χ2v) is 6.68. The highest BCUT2D eigenvalue weighted by Gasteiger charge is 2.12. The summed E-state index contributed by atoms with van der Waals surface area (Å²) in [6.45, 7) is 6.67. The molecule has 1 atom stereocenters. The molecule has 134 valence electrons. The molecule has 2 heterocycles. The summed E-state index contributed by atoms with van der Waals surface area (Å²) < 4.78 is 1.95. The van der Waals surface area contributed by atoms with E-state index in [4.69, 9.17) is 0 Å². The van der Waals surface area contributed by atoms with Crippen molar-refractivity contribution >= 4 is 5.91 Å². The summed E-state index contributed by atoms with van der Waals surface area (Å²) in [5.74, 6) is -0.0661. The summed E-state index contributed by atoms with van der Waals surface area (Å²) in [7, 11) is 0. The lowest BCUT2D eigenvalue weighted by Crippen LogP contribution is -2.34. The number of rotatable bonds is 6. The van der Waals surface area contributed by atoms with Crippen LogP contribution in [0.2, 0.25) is 0 Å². The summed E-state index contributed by atoms with van der Waals surface area (Å²) in [4.78, 5) is 16.9. The van der Waals surface area contributed by atoms with Crippen LogP contribution in [-0.2, 0) is 13.0 Å². The Morgan fingerprint density at radius 2 is 2.00 bits per heavy atom. The fourth-order valence-corrected chi connectivity index (χ4v) is 3.01. The highest BCUT2D eigenvalue weighted by Crippen LogP contribution is 2.10. The van der Waals surface area contributed by atoms with E-state index in [-0.39, 0.29) is 11.9 Å². The minimum Gasteiger partial charge on any atom is -0.349 e. The lowest BCUT2D eigenvalue weighted by molar-refractivity contribution is 0.0940. The quantitative estimate of drug-likeness (QED) is 0.743. The zero-order valence-corrected chi connectivity index (χ0v) is 15.4. The van der Waals surface area contributed by atoms with Gasteiger partial charge in [-0.1, -0.05) is 18.2 Å². The number of pyridine rings is 1. The fourth-order valence-electron chi connectivity index (χ4n) is 3.01. The van der Waals surface area contributed by atoms with Crippen molar-refractivity contribution in [2.75, 3.05) is 0 Å². The largest absolute Gasteiger partial charge is 0.349 e. The molecule has 0 unspecified atom stereocenters. The normalized spacial score (nSPS) is 12.0. The summed E-state index contributed by atoms with van der Waals surface area (Å²) in [5, 5.41) is 7.53. The minimum absolute atomic E-state index is 0.0112. The molecule has 1 N–H and O–H groups in total. The lowest BCUT2D eigenvalue weighted by Gasteiger charge is -2.14. The van der Waals surface area contributed by atoms with Crippen LogP contribution >= 0.6 is 0 Å². The molecule has 3 rings (SSSR count). The van der Waals surface area contributed by atoms with Crippen molar-refractivity contribution in [1.29, 1.82) is 0 Å². The Morgan fingerprint density at radius 3 is 2.69 bits per heavy atom. The maximum absolute atomic E-state index is 12.6. The topological polar surface area (TPSA) is 59.8 Å². The first kappa shape index (κ1) is 17.9. The van der Waals surface area contributed by atoms with Gasteiger partial charge in [-0.25, -0.2) is 0 Å². The molecule has 0 fully saturated rings. The van der Waals surface area contributed by atoms with Crippen LogP contribution in [0.5, 0.6) is 0 Å². The third-order valence-corrected chi connectivity index (χ3v) is 4.24. The average molecular weight is 348 g/mol. The van der Waals surface area contributed by atoms with Crippen LogP contribution in [0, 0.1) is 13.8 Å². The van der Waals surface area contributed by atoms with Gasteiger partial charge in [0.1, 0.15) is 0 Å². The van der Waals surface area contributed by atoms with E-state index in [1.807, 2.05) is 67.9 Å². The highest BCUT2D eigenvalue weighted by molar-refractivity contribution is 5.94. The van der Waals surface area contributed by atoms with E-state index in [1.165, 1.54) is 0 Å². The molecule has 0 aliphatic carbocycles. The molecule has 0 saturated carbocycles. The molecule has 1 aromatic carbocycles. The van der Waals surface area contributed by atoms with Crippen molar-refractivity contribution in [3.8, 4) is 0 Å². The number of carbonyl (C=O) groups excluding carboxylic acids is 1. The standard InChI is InChI=1S/C21H24N4O/c1-15(12-20-9-4-5-10-22-20)23-21(26)19-8-6-7-18(13-19)14-25-17(3)11-16(2)24-25/h4-11,13,15H,12,14H2,1-3H3,(H,23,26)/t15-/m0/s1. The number of benzene rings is 1. The Bertz CT molecular complexity index is 886. The molecular weight excluding hydrogens is 324 g/mol. The van der Waals surface area contributed by atoms with Crippen LogP contribution in [0.1, 0.15) is 39.9 Å². The molecule has 5 heteroatoms. The Morgan fingerprint density at radius 1 is 1.15 bits per heavy atom. The molecule has 0 saturated heterocycles. The maximum Gasteiger partial charge on any atom is 0.251 e. The molecule has 3 aromatic rings. The SMILES string of the molecule is Cc1cc(C)n(Cc2cccc(C(=O)N[C@@H](C)Cc3ccccn3)c2)n1. The van der Waals surface area contributed by atoms with Gasteiger partial charge in [0.2, 0.25) is 0 Å². The molecule has 5 nitrogen and oxygen atoms in total. The number of nitrogens with one attached hydrogen (secondary N) is 1. The van der Waals surface area contributed by atoms with Gasteiger partial charge in [0.15, 0.2) is 0 Å². The van der Waals surface area contributed by atoms with Gasteiger partial charge >= 0.3 is 0 Å². The predicted octanol–water partition coefficient (Wildman–Crippen LogP) is 3.30. The van der Waals surface area contributed by atoms with E-state index in [0.29, 0.717) is 18.5 Å². The molecule has 1 amide bonds. The number of aromatic nitrogens is 3. The van der Waals surface area contributed by atoms with Gasteiger partial charge in [0, 0.05) is 35.6 Å². The van der Waals surface area contributed by atoms with Crippen molar-refractivity contribution in [3.05, 3.63) is 82.9 Å². The first-order chi connectivity index (χ1) is 12.5. The summed E-state index contributed by atoms with van der Waals surface area (Å²) in [5.41, 5.74) is 4.80. The first-order valence-corrected chi connectivity index (χ1v) is 8.82. The number of aryl methyl sites for hydroxylation is 2. The van der Waals surface area contributed by atoms with Crippen molar-refractivity contribution in [2.45, 2.75) is 39.8 Å². The van der Waals surface area contributed by atoms with Crippen molar-refractivity contribution in [3.63, 3.8) is 0 Å². The fraction of sp³-hybridized carbons (Fsp3) is 0.286. The second kappa shape index (κ2) is 7.95. The average Bonchev–Trinajstić information content (AvgIpc) is 2.93. The Labute approximate surface area is 154 Å². The van der Waals surface area contributed by atoms with Crippen LogP contribution in [0.3, 0.4) is 0 Å². The molecular formula is C21H24N4O. The zero-order chi connectivity index (χ0) is 18.5. The van der Waals surface area contributed by atoms with E-state index >= 15 is 0 Å². The molecule has 0 spiro atoms. The number of amides is 1. The van der Waals surface area contributed by atoms with Gasteiger partial charge in [-0.2, -0.15) is 5.10 Å². The number of carbonyl (C=O) groups is 1. The van der Waals surface area contributed by atoms with Gasteiger partial charge in [-0.05, 0) is 56.7 Å². The van der Waals surface area contributed by atoms with Crippen LogP contribution in [0.15, 0.2) is 54.7 Å². The van der Waals surface area contributed by atoms with Crippen LogP contribution < -0.4 is 5.32 Å². The van der Waals surface area contributed by atoms with Gasteiger partial charge in [0.05, 0.1) is 12.2 Å². The van der Waals surface area contributed by atoms with E-state index in [9.17, 15) is 4.79 Å². The minimum atomic E-state index is -0.0661. The van der Waals surface area contributed by atoms with Crippen molar-refractivity contribution < 1.29 is 4.79 Å². The lowest BCUT2D eigenvalue weighted by atomic mass is 10.1. The second-order valence-electron chi connectivity index (χ2n) is 6.68. The first-order valence-electron chi connectivity index (χ1n) is 8.82. The summed E-state index contributed by atoms with van der Waals surface area (Å²) in [6, 6.07) is 15.6. The molecule has 0 aliphatic heterocycles. The van der Waals surface area contributed by atoms with E-state index in [0.717, 1.165) is 22.6 Å². The Hall–Kier alpha value is -2.95. The van der Waals surface area contributed by atoms with Gasteiger partial charge in [0.25, 0.3) is 5.91 Å². The Kier molecular flexibility index (Phi) is 5.46. The van der Waals surface area contributed by atoms with Gasteiger partial charge < -0.3 is 5.32 Å². The molecule has 2 aromatic heterocycles. The smallest absolute Gasteiger partial charge is 0.251 e. The number of hydrogen-bond acceptors (Lipinski definition) is 3. The monoisotopic (exact) mass is 348 g/mol. The molecule has 26 heavy (non-hydrogen) atoms. The highest BCUT2D eigenvalue weighted by atomic mass is 16.1. The van der Waals surface area contributed by atoms with Crippen molar-refractivity contribution in [1.82, 2.24) is 20.1 Å². The predicted molar refractivity (Wildman–Crippen MR) is 102 cm³/mol. The van der Waals surface area contributed by atoms with Gasteiger partial charge in [-0.3, -0.25) is 14.5 Å². The molecule has 0 bridgehead atoms. The maximum atomic E-state index is 12.6. The number of hydrogen-bond donors (Lipinski definition) is 1. The third kappa shape index (κ3) is 4.57. The molecule has 0 radical (unpaired) electrons. The van der Waals surface area contributed by atoms with E-state index in [2.05, 4.69) is 21.5 Å². The Balaban J connectivity index is 1.65.